The van der Waals surface area contributed by atoms with Gasteiger partial charge in [0.2, 0.25) is 0 Å². The van der Waals surface area contributed by atoms with Crippen LogP contribution in [0.2, 0.25) is 5.02 Å². The fraction of sp³-hybridized carbons (Fsp3) is 0.500. The predicted molar refractivity (Wildman–Crippen MR) is 79.2 cm³/mol. The number of amides is 1. The van der Waals surface area contributed by atoms with E-state index in [2.05, 4.69) is 19.2 Å². The number of carbonyl (C=O) groups excluding carboxylic acids is 1. The Kier molecular flexibility index (Phi) is 9.17. The topological polar surface area (TPSA) is 73.6 Å². The van der Waals surface area contributed by atoms with Crippen LogP contribution in [-0.4, -0.2) is 26.2 Å². The Bertz CT molecular complexity index is 468. The van der Waals surface area contributed by atoms with Crippen molar-refractivity contribution in [2.24, 2.45) is 11.7 Å². The first-order valence-corrected chi connectivity index (χ1v) is 6.80. The highest BCUT2D eigenvalue weighted by atomic mass is 35.5. The largest absolute Gasteiger partial charge is 1.00 e. The van der Waals surface area contributed by atoms with Crippen molar-refractivity contribution in [3.63, 3.8) is 0 Å². The molecule has 1 aromatic rings. The Balaban J connectivity index is 0.00000400. The summed E-state index contributed by atoms with van der Waals surface area (Å²) in [5.41, 5.74) is 6.03. The summed E-state index contributed by atoms with van der Waals surface area (Å²) in [4.78, 5) is 10.8. The summed E-state index contributed by atoms with van der Waals surface area (Å²) in [6.45, 7) is 5.65. The molecule has 0 fully saturated rings. The van der Waals surface area contributed by atoms with E-state index in [4.69, 9.17) is 26.8 Å². The predicted octanol–water partition coefficient (Wildman–Crippen LogP) is -1.04. The zero-order valence-electron chi connectivity index (χ0n) is 12.4. The highest BCUT2D eigenvalue weighted by molar-refractivity contribution is 6.32. The lowest BCUT2D eigenvalue weighted by Crippen LogP contribution is -3.00. The molecular weight excluding hydrogens is 315 g/mol. The van der Waals surface area contributed by atoms with Gasteiger partial charge in [0.25, 0.3) is 5.91 Å². The van der Waals surface area contributed by atoms with Gasteiger partial charge in [-0.1, -0.05) is 25.4 Å². The van der Waals surface area contributed by atoms with E-state index in [0.717, 1.165) is 12.1 Å². The highest BCUT2D eigenvalue weighted by Gasteiger charge is 2.13. The first kappa shape index (κ1) is 19.8. The fourth-order valence-electron chi connectivity index (χ4n) is 1.66. The van der Waals surface area contributed by atoms with E-state index in [9.17, 15) is 4.79 Å². The molecule has 5 nitrogen and oxygen atoms in total. The maximum atomic E-state index is 10.8. The summed E-state index contributed by atoms with van der Waals surface area (Å²) in [5, 5.41) is 3.72. The number of rotatable bonds is 8. The normalized spacial score (nSPS) is 10.1. The molecule has 0 saturated heterocycles. The third-order valence-corrected chi connectivity index (χ3v) is 2.81. The molecule has 0 heterocycles. The molecule has 1 rings (SSSR count). The van der Waals surface area contributed by atoms with Crippen LogP contribution in [0.1, 0.15) is 19.4 Å². The van der Waals surface area contributed by atoms with Crippen molar-refractivity contribution in [2.75, 3.05) is 20.3 Å². The molecule has 0 bridgehead atoms. The van der Waals surface area contributed by atoms with Crippen LogP contribution in [-0.2, 0) is 11.3 Å². The van der Waals surface area contributed by atoms with Crippen LogP contribution in [0, 0.1) is 5.92 Å². The minimum absolute atomic E-state index is 0. The van der Waals surface area contributed by atoms with E-state index in [0.29, 0.717) is 29.0 Å². The zero-order chi connectivity index (χ0) is 15.1. The average Bonchev–Trinajstić information content (AvgIpc) is 2.36. The van der Waals surface area contributed by atoms with Gasteiger partial charge >= 0.3 is 0 Å². The zero-order valence-corrected chi connectivity index (χ0v) is 13.9. The number of primary amides is 1. The van der Waals surface area contributed by atoms with E-state index in [1.165, 1.54) is 7.11 Å². The number of methoxy groups -OCH3 is 1. The van der Waals surface area contributed by atoms with Gasteiger partial charge < -0.3 is 32.9 Å². The van der Waals surface area contributed by atoms with E-state index in [1.807, 2.05) is 6.07 Å². The molecule has 120 valence electrons. The van der Waals surface area contributed by atoms with Crippen LogP contribution in [0.3, 0.4) is 0 Å². The molecule has 3 N–H and O–H groups in total. The second-order valence-corrected chi connectivity index (χ2v) is 5.30. The standard InChI is InChI=1S/C14H21ClN2O3.ClH/c1-9(2)6-17-7-10-4-11(15)14(12(5-10)19-3)20-8-13(16)18;/h4-5,9,17H,6-8H2,1-3H3,(H2,16,18);1H/p-1. The van der Waals surface area contributed by atoms with Gasteiger partial charge in [-0.25, -0.2) is 0 Å². The van der Waals surface area contributed by atoms with Crippen LogP contribution in [0.25, 0.3) is 0 Å². The quantitative estimate of drug-likeness (QED) is 0.636. The van der Waals surface area contributed by atoms with Crippen molar-refractivity contribution in [2.45, 2.75) is 20.4 Å². The van der Waals surface area contributed by atoms with E-state index in [1.54, 1.807) is 6.07 Å². The molecule has 21 heavy (non-hydrogen) atoms. The molecular formula is C14H21Cl2N2O3-. The van der Waals surface area contributed by atoms with Crippen LogP contribution in [0.15, 0.2) is 12.1 Å². The number of benzene rings is 1. The lowest BCUT2D eigenvalue weighted by Gasteiger charge is -2.14. The second-order valence-electron chi connectivity index (χ2n) is 4.89. The van der Waals surface area contributed by atoms with Crippen molar-refractivity contribution < 1.29 is 26.7 Å². The van der Waals surface area contributed by atoms with Crippen LogP contribution < -0.4 is 32.9 Å². The molecule has 0 spiro atoms. The maximum absolute atomic E-state index is 10.8. The lowest BCUT2D eigenvalue weighted by atomic mass is 10.1. The van der Waals surface area contributed by atoms with Crippen molar-refractivity contribution in [1.82, 2.24) is 5.32 Å². The van der Waals surface area contributed by atoms with Gasteiger partial charge in [-0.2, -0.15) is 0 Å². The molecule has 1 amide bonds. The van der Waals surface area contributed by atoms with Gasteiger partial charge in [0.05, 0.1) is 12.1 Å². The molecule has 0 saturated carbocycles. The summed E-state index contributed by atoms with van der Waals surface area (Å²) in [5.74, 6) is 0.831. The fourth-order valence-corrected chi connectivity index (χ4v) is 1.95. The molecule has 7 heteroatoms. The molecule has 0 aliphatic heterocycles. The van der Waals surface area contributed by atoms with Crippen molar-refractivity contribution >= 4 is 17.5 Å². The Morgan fingerprint density at radius 2 is 2.10 bits per heavy atom. The van der Waals surface area contributed by atoms with E-state index < -0.39 is 5.91 Å². The van der Waals surface area contributed by atoms with Gasteiger partial charge in [0.1, 0.15) is 0 Å². The van der Waals surface area contributed by atoms with Gasteiger partial charge in [-0.15, -0.1) is 0 Å². The monoisotopic (exact) mass is 335 g/mol. The SMILES string of the molecule is COc1cc(CNCC(C)C)cc(Cl)c1OCC(N)=O.[Cl-]. The minimum atomic E-state index is -0.564. The second kappa shape index (κ2) is 9.71. The summed E-state index contributed by atoms with van der Waals surface area (Å²) >= 11 is 6.15. The molecule has 0 atom stereocenters. The smallest absolute Gasteiger partial charge is 0.255 e. The first-order valence-electron chi connectivity index (χ1n) is 6.42. The number of nitrogens with two attached hydrogens (primary N) is 1. The molecule has 1 aromatic carbocycles. The summed E-state index contributed by atoms with van der Waals surface area (Å²) < 4.78 is 10.5. The summed E-state index contributed by atoms with van der Waals surface area (Å²) in [6.07, 6.45) is 0. The number of ether oxygens (including phenoxy) is 2. The summed E-state index contributed by atoms with van der Waals surface area (Å²) in [6, 6.07) is 3.61. The first-order chi connectivity index (χ1) is 9.43. The molecule has 0 aromatic heterocycles. The van der Waals surface area contributed by atoms with E-state index in [-0.39, 0.29) is 19.0 Å². The number of hydrogen-bond acceptors (Lipinski definition) is 4. The van der Waals surface area contributed by atoms with Crippen LogP contribution >= 0.6 is 11.6 Å². The Morgan fingerprint density at radius 3 is 2.62 bits per heavy atom. The highest BCUT2D eigenvalue weighted by Crippen LogP contribution is 2.36. The van der Waals surface area contributed by atoms with Gasteiger partial charge in [0, 0.05) is 6.54 Å². The molecule has 0 radical (unpaired) electrons. The van der Waals surface area contributed by atoms with Gasteiger partial charge in [-0.3, -0.25) is 4.79 Å². The Morgan fingerprint density at radius 1 is 1.43 bits per heavy atom. The van der Waals surface area contributed by atoms with E-state index >= 15 is 0 Å². The molecule has 0 aliphatic carbocycles. The van der Waals surface area contributed by atoms with Crippen LogP contribution in [0.5, 0.6) is 11.5 Å². The molecule has 0 unspecified atom stereocenters. The van der Waals surface area contributed by atoms with Crippen molar-refractivity contribution in [1.29, 1.82) is 0 Å². The van der Waals surface area contributed by atoms with Gasteiger partial charge in [-0.05, 0) is 30.2 Å². The number of nitrogens with one attached hydrogen (secondary N) is 1. The lowest BCUT2D eigenvalue weighted by molar-refractivity contribution is -0.119. The maximum Gasteiger partial charge on any atom is 0.255 e. The number of carbonyl (C=O) groups is 1. The van der Waals surface area contributed by atoms with Crippen molar-refractivity contribution in [3.05, 3.63) is 22.7 Å². The number of hydrogen-bond donors (Lipinski definition) is 2. The summed E-state index contributed by atoms with van der Waals surface area (Å²) in [7, 11) is 1.52. The third-order valence-electron chi connectivity index (χ3n) is 2.53. The molecule has 0 aliphatic rings. The average molecular weight is 336 g/mol. The Hall–Kier alpha value is -1.17. The third kappa shape index (κ3) is 6.89. The van der Waals surface area contributed by atoms with Crippen LogP contribution in [0.4, 0.5) is 0 Å². The minimum Gasteiger partial charge on any atom is -1.00 e. The van der Waals surface area contributed by atoms with Crippen molar-refractivity contribution in [3.8, 4) is 11.5 Å². The number of halogens is 2. The Labute approximate surface area is 136 Å². The van der Waals surface area contributed by atoms with Gasteiger partial charge in [0.15, 0.2) is 18.1 Å².